The fourth-order valence-corrected chi connectivity index (χ4v) is 3.84. The predicted molar refractivity (Wildman–Crippen MR) is 91.5 cm³/mol. The molecule has 1 N–H and O–H groups in total. The normalized spacial score (nSPS) is 20.9. The lowest BCUT2D eigenvalue weighted by Gasteiger charge is -2.35. The Hall–Kier alpha value is -2.44. The summed E-state index contributed by atoms with van der Waals surface area (Å²) in [5.41, 5.74) is 0.176. The van der Waals surface area contributed by atoms with Crippen LogP contribution in [-0.2, 0) is 9.59 Å². The maximum atomic E-state index is 12.9. The van der Waals surface area contributed by atoms with E-state index in [1.165, 1.54) is 4.90 Å². The van der Waals surface area contributed by atoms with E-state index >= 15 is 0 Å². The number of amides is 4. The lowest BCUT2D eigenvalue weighted by atomic mass is 9.81. The minimum absolute atomic E-state index is 0.218. The van der Waals surface area contributed by atoms with Gasteiger partial charge in [0.2, 0.25) is 5.91 Å². The third-order valence-electron chi connectivity index (χ3n) is 5.37. The van der Waals surface area contributed by atoms with Gasteiger partial charge in [0, 0.05) is 19.4 Å². The van der Waals surface area contributed by atoms with E-state index in [1.807, 2.05) is 19.1 Å². The zero-order valence-corrected chi connectivity index (χ0v) is 14.7. The van der Waals surface area contributed by atoms with Crippen LogP contribution < -0.4 is 5.32 Å². The van der Waals surface area contributed by atoms with E-state index in [0.717, 1.165) is 29.7 Å². The van der Waals surface area contributed by atoms with Crippen molar-refractivity contribution in [3.63, 3.8) is 0 Å². The molecule has 0 radical (unpaired) electrons. The van der Waals surface area contributed by atoms with Crippen LogP contribution >= 0.6 is 0 Å². The molecule has 2 aliphatic rings. The van der Waals surface area contributed by atoms with Gasteiger partial charge >= 0.3 is 6.03 Å². The molecule has 1 spiro atoms. The largest absolute Gasteiger partial charge is 0.348 e. The van der Waals surface area contributed by atoms with Gasteiger partial charge in [-0.25, -0.2) is 4.79 Å². The molecule has 1 unspecified atom stereocenters. The second-order valence-corrected chi connectivity index (χ2v) is 6.89. The van der Waals surface area contributed by atoms with Crippen molar-refractivity contribution in [3.8, 4) is 0 Å². The number of rotatable bonds is 4. The SMILES string of the molecule is CC(NC(=O)CN1C(=O)N(C)C2(CCCCC2)C1=O)c1ccncc1. The highest BCUT2D eigenvalue weighted by Crippen LogP contribution is 2.39. The number of aromatic nitrogens is 1. The van der Waals surface area contributed by atoms with Gasteiger partial charge in [-0.1, -0.05) is 19.3 Å². The third kappa shape index (κ3) is 3.10. The van der Waals surface area contributed by atoms with Gasteiger partial charge in [-0.3, -0.25) is 19.5 Å². The monoisotopic (exact) mass is 344 g/mol. The Morgan fingerprint density at radius 3 is 2.52 bits per heavy atom. The van der Waals surface area contributed by atoms with Gasteiger partial charge < -0.3 is 10.2 Å². The molecule has 4 amide bonds. The third-order valence-corrected chi connectivity index (χ3v) is 5.37. The summed E-state index contributed by atoms with van der Waals surface area (Å²) in [5, 5.41) is 2.84. The second-order valence-electron chi connectivity index (χ2n) is 6.89. The van der Waals surface area contributed by atoms with Crippen molar-refractivity contribution in [3.05, 3.63) is 30.1 Å². The summed E-state index contributed by atoms with van der Waals surface area (Å²) < 4.78 is 0. The van der Waals surface area contributed by atoms with Crippen molar-refractivity contribution >= 4 is 17.8 Å². The van der Waals surface area contributed by atoms with E-state index in [-0.39, 0.29) is 30.4 Å². The summed E-state index contributed by atoms with van der Waals surface area (Å²) >= 11 is 0. The van der Waals surface area contributed by atoms with E-state index in [1.54, 1.807) is 19.4 Å². The zero-order valence-electron chi connectivity index (χ0n) is 14.7. The number of nitrogens with zero attached hydrogens (tertiary/aromatic N) is 3. The first-order valence-corrected chi connectivity index (χ1v) is 8.75. The number of nitrogens with one attached hydrogen (secondary N) is 1. The Labute approximate surface area is 147 Å². The van der Waals surface area contributed by atoms with Crippen molar-refractivity contribution in [2.45, 2.75) is 50.6 Å². The molecule has 1 aromatic heterocycles. The quantitative estimate of drug-likeness (QED) is 0.845. The molecule has 1 atom stereocenters. The molecule has 7 nitrogen and oxygen atoms in total. The molecule has 0 bridgehead atoms. The minimum atomic E-state index is -0.744. The molecule has 1 aliphatic heterocycles. The molecule has 7 heteroatoms. The molecular weight excluding hydrogens is 320 g/mol. The number of carbonyl (C=O) groups is 3. The maximum Gasteiger partial charge on any atom is 0.327 e. The highest BCUT2D eigenvalue weighted by molar-refractivity contribution is 6.08. The summed E-state index contributed by atoms with van der Waals surface area (Å²) in [4.78, 5) is 44.3. The smallest absolute Gasteiger partial charge is 0.327 e. The van der Waals surface area contributed by atoms with Crippen LogP contribution in [0.15, 0.2) is 24.5 Å². The van der Waals surface area contributed by atoms with E-state index < -0.39 is 5.54 Å². The number of likely N-dealkylation sites (N-methyl/N-ethyl adjacent to an activating group) is 1. The Morgan fingerprint density at radius 1 is 1.24 bits per heavy atom. The molecule has 1 aromatic rings. The average molecular weight is 344 g/mol. The molecular formula is C18H24N4O3. The van der Waals surface area contributed by atoms with Gasteiger partial charge in [-0.15, -0.1) is 0 Å². The summed E-state index contributed by atoms with van der Waals surface area (Å²) in [6.45, 7) is 1.62. The molecule has 3 rings (SSSR count). The Bertz CT molecular complexity index is 670. The lowest BCUT2D eigenvalue weighted by Crippen LogP contribution is -2.49. The summed E-state index contributed by atoms with van der Waals surface area (Å²) in [6, 6.07) is 3.05. The van der Waals surface area contributed by atoms with Crippen molar-refractivity contribution in [1.29, 1.82) is 0 Å². The first-order chi connectivity index (χ1) is 12.0. The molecule has 1 saturated heterocycles. The van der Waals surface area contributed by atoms with Gasteiger partial charge in [-0.05, 0) is 37.5 Å². The summed E-state index contributed by atoms with van der Waals surface area (Å²) in [7, 11) is 1.67. The Balaban J connectivity index is 1.67. The first kappa shape index (κ1) is 17.4. The lowest BCUT2D eigenvalue weighted by molar-refractivity contribution is -0.137. The van der Waals surface area contributed by atoms with Crippen LogP contribution in [0.5, 0.6) is 0 Å². The molecule has 1 saturated carbocycles. The second kappa shape index (κ2) is 6.82. The van der Waals surface area contributed by atoms with Gasteiger partial charge in [0.1, 0.15) is 12.1 Å². The van der Waals surface area contributed by atoms with Gasteiger partial charge in [0.25, 0.3) is 5.91 Å². The van der Waals surface area contributed by atoms with E-state index in [4.69, 9.17) is 0 Å². The average Bonchev–Trinajstić information content (AvgIpc) is 2.79. The number of pyridine rings is 1. The van der Waals surface area contributed by atoms with Crippen LogP contribution in [0, 0.1) is 0 Å². The van der Waals surface area contributed by atoms with E-state index in [9.17, 15) is 14.4 Å². The number of carbonyl (C=O) groups excluding carboxylic acids is 3. The van der Waals surface area contributed by atoms with Gasteiger partial charge in [0.05, 0.1) is 6.04 Å². The number of hydrogen-bond acceptors (Lipinski definition) is 4. The predicted octanol–water partition coefficient (Wildman–Crippen LogP) is 1.86. The number of hydrogen-bond donors (Lipinski definition) is 1. The minimum Gasteiger partial charge on any atom is -0.348 e. The van der Waals surface area contributed by atoms with Crippen molar-refractivity contribution in [2.75, 3.05) is 13.6 Å². The highest BCUT2D eigenvalue weighted by atomic mass is 16.2. The fourth-order valence-electron chi connectivity index (χ4n) is 3.84. The van der Waals surface area contributed by atoms with Crippen molar-refractivity contribution in [1.82, 2.24) is 20.1 Å². The van der Waals surface area contributed by atoms with Crippen LogP contribution in [0.25, 0.3) is 0 Å². The van der Waals surface area contributed by atoms with E-state index in [2.05, 4.69) is 10.3 Å². The van der Waals surface area contributed by atoms with E-state index in [0.29, 0.717) is 12.8 Å². The standard InChI is InChI=1S/C18H24N4O3/c1-13(14-6-10-19-11-7-14)20-15(23)12-22-16(24)18(21(2)17(22)25)8-4-3-5-9-18/h6-7,10-11,13H,3-5,8-9,12H2,1-2H3,(H,20,23). The Morgan fingerprint density at radius 2 is 1.88 bits per heavy atom. The molecule has 1 aliphatic carbocycles. The van der Waals surface area contributed by atoms with Crippen molar-refractivity contribution in [2.24, 2.45) is 0 Å². The summed E-state index contributed by atoms with van der Waals surface area (Å²) in [6.07, 6.45) is 7.63. The van der Waals surface area contributed by atoms with Crippen LogP contribution in [0.1, 0.15) is 50.6 Å². The molecule has 0 aromatic carbocycles. The maximum absolute atomic E-state index is 12.9. The van der Waals surface area contributed by atoms with Gasteiger partial charge in [-0.2, -0.15) is 0 Å². The molecule has 25 heavy (non-hydrogen) atoms. The van der Waals surface area contributed by atoms with Crippen LogP contribution in [-0.4, -0.2) is 51.8 Å². The first-order valence-electron chi connectivity index (χ1n) is 8.75. The van der Waals surface area contributed by atoms with Gasteiger partial charge in [0.15, 0.2) is 0 Å². The zero-order chi connectivity index (χ0) is 18.0. The Kier molecular flexibility index (Phi) is 4.74. The number of imide groups is 1. The fraction of sp³-hybridized carbons (Fsp3) is 0.556. The molecule has 2 heterocycles. The van der Waals surface area contributed by atoms with Crippen LogP contribution in [0.2, 0.25) is 0 Å². The summed E-state index contributed by atoms with van der Waals surface area (Å²) in [5.74, 6) is -0.571. The van der Waals surface area contributed by atoms with Crippen molar-refractivity contribution < 1.29 is 14.4 Å². The molecule has 2 fully saturated rings. The number of urea groups is 1. The topological polar surface area (TPSA) is 82.6 Å². The highest BCUT2D eigenvalue weighted by Gasteiger charge is 2.55. The van der Waals surface area contributed by atoms with Crippen LogP contribution in [0.4, 0.5) is 4.79 Å². The molecule has 134 valence electrons. The van der Waals surface area contributed by atoms with Crippen LogP contribution in [0.3, 0.4) is 0 Å².